The highest BCUT2D eigenvalue weighted by Crippen LogP contribution is 2.36. The predicted molar refractivity (Wildman–Crippen MR) is 121 cm³/mol. The number of nitrogens with one attached hydrogen (secondary N) is 1. The molecular weight excluding hydrogens is 461 g/mol. The summed E-state index contributed by atoms with van der Waals surface area (Å²) in [7, 11) is 0. The van der Waals surface area contributed by atoms with Gasteiger partial charge in [-0.25, -0.2) is 9.59 Å². The van der Waals surface area contributed by atoms with Gasteiger partial charge in [0, 0.05) is 21.0 Å². The maximum Gasteiger partial charge on any atom is 0.341 e. The molecule has 0 unspecified atom stereocenters. The highest BCUT2D eigenvalue weighted by molar-refractivity contribution is 7.15. The summed E-state index contributed by atoms with van der Waals surface area (Å²) in [4.78, 5) is 37.0. The van der Waals surface area contributed by atoms with Crippen molar-refractivity contribution in [1.29, 1.82) is 0 Å². The largest absolute Gasteiger partial charge is 0.462 e. The van der Waals surface area contributed by atoms with Crippen LogP contribution in [0.25, 0.3) is 11.1 Å². The molecule has 1 N–H and O–H groups in total. The van der Waals surface area contributed by atoms with Gasteiger partial charge in [0.2, 0.25) is 0 Å². The number of benzene rings is 2. The minimum absolute atomic E-state index is 0.180. The fourth-order valence-electron chi connectivity index (χ4n) is 2.69. The zero-order chi connectivity index (χ0) is 22.4. The number of halogens is 2. The molecule has 0 aliphatic rings. The fraction of sp³-hybridized carbons (Fsp3) is 0.136. The van der Waals surface area contributed by atoms with Gasteiger partial charge < -0.3 is 14.8 Å². The minimum atomic E-state index is -0.684. The van der Waals surface area contributed by atoms with Crippen molar-refractivity contribution in [3.63, 3.8) is 0 Å². The molecule has 31 heavy (non-hydrogen) atoms. The van der Waals surface area contributed by atoms with E-state index in [2.05, 4.69) is 5.32 Å². The number of hydrogen-bond acceptors (Lipinski definition) is 6. The average molecular weight is 478 g/mol. The van der Waals surface area contributed by atoms with Crippen LogP contribution in [0.3, 0.4) is 0 Å². The van der Waals surface area contributed by atoms with Crippen LogP contribution in [-0.4, -0.2) is 31.1 Å². The van der Waals surface area contributed by atoms with E-state index in [-0.39, 0.29) is 17.7 Å². The Kier molecular flexibility index (Phi) is 7.68. The first-order chi connectivity index (χ1) is 14.9. The van der Waals surface area contributed by atoms with Crippen molar-refractivity contribution in [3.8, 4) is 11.1 Å². The Balaban J connectivity index is 1.75. The molecule has 9 heteroatoms. The summed E-state index contributed by atoms with van der Waals surface area (Å²) in [5.74, 6) is -1.85. The molecule has 6 nitrogen and oxygen atoms in total. The molecule has 160 valence electrons. The lowest BCUT2D eigenvalue weighted by molar-refractivity contribution is -0.119. The molecule has 2 aromatic carbocycles. The predicted octanol–water partition coefficient (Wildman–Crippen LogP) is 5.69. The summed E-state index contributed by atoms with van der Waals surface area (Å²) < 4.78 is 10.2. The Morgan fingerprint density at radius 1 is 0.968 bits per heavy atom. The number of carbonyl (C=O) groups excluding carboxylic acids is 3. The van der Waals surface area contributed by atoms with Gasteiger partial charge in [0.15, 0.2) is 6.61 Å². The number of rotatable bonds is 7. The zero-order valence-electron chi connectivity index (χ0n) is 16.3. The summed E-state index contributed by atoms with van der Waals surface area (Å²) in [6.45, 7) is 1.35. The second kappa shape index (κ2) is 10.4. The van der Waals surface area contributed by atoms with Crippen molar-refractivity contribution < 1.29 is 23.9 Å². The highest BCUT2D eigenvalue weighted by atomic mass is 35.5. The molecule has 0 spiro atoms. The van der Waals surface area contributed by atoms with E-state index in [9.17, 15) is 14.4 Å². The molecular formula is C22H17Cl2NO5S. The monoisotopic (exact) mass is 477 g/mol. The van der Waals surface area contributed by atoms with Gasteiger partial charge in [-0.05, 0) is 42.8 Å². The van der Waals surface area contributed by atoms with Gasteiger partial charge in [-0.15, -0.1) is 11.3 Å². The molecule has 3 aromatic rings. The van der Waals surface area contributed by atoms with Crippen LogP contribution in [0.1, 0.15) is 27.6 Å². The summed E-state index contributed by atoms with van der Waals surface area (Å²) in [5, 5.41) is 5.60. The van der Waals surface area contributed by atoms with Gasteiger partial charge in [-0.2, -0.15) is 0 Å². The third-order valence-electron chi connectivity index (χ3n) is 4.07. The van der Waals surface area contributed by atoms with Crippen LogP contribution in [0.5, 0.6) is 0 Å². The molecule has 3 rings (SSSR count). The maximum absolute atomic E-state index is 12.6. The van der Waals surface area contributed by atoms with E-state index in [1.165, 1.54) is 23.5 Å². The number of anilines is 1. The molecule has 0 aliphatic carbocycles. The second-order valence-electron chi connectivity index (χ2n) is 6.22. The van der Waals surface area contributed by atoms with Crippen LogP contribution in [0, 0.1) is 0 Å². The first-order valence-corrected chi connectivity index (χ1v) is 10.8. The number of hydrogen-bond donors (Lipinski definition) is 1. The Morgan fingerprint density at radius 2 is 1.71 bits per heavy atom. The average Bonchev–Trinajstić information content (AvgIpc) is 3.16. The number of carbonyl (C=O) groups is 3. The molecule has 0 atom stereocenters. The Labute approximate surface area is 192 Å². The van der Waals surface area contributed by atoms with Crippen molar-refractivity contribution in [2.45, 2.75) is 6.92 Å². The lowest BCUT2D eigenvalue weighted by Crippen LogP contribution is -2.21. The van der Waals surface area contributed by atoms with Crippen LogP contribution < -0.4 is 5.32 Å². The molecule has 0 aliphatic heterocycles. The standard InChI is InChI=1S/C22H17Cl2NO5S/c1-2-29-22(28)19-17(13-6-8-15(23)9-7-13)12-31-20(19)25-18(26)11-30-21(27)14-4-3-5-16(24)10-14/h3-10,12H,2,11H2,1H3,(H,25,26). The van der Waals surface area contributed by atoms with Crippen LogP contribution in [0.15, 0.2) is 53.9 Å². The lowest BCUT2D eigenvalue weighted by Gasteiger charge is -2.09. The van der Waals surface area contributed by atoms with Crippen LogP contribution >= 0.6 is 34.5 Å². The number of ether oxygens (including phenoxy) is 2. The van der Waals surface area contributed by atoms with Crippen molar-refractivity contribution in [1.82, 2.24) is 0 Å². The van der Waals surface area contributed by atoms with Crippen LogP contribution in [0.4, 0.5) is 5.00 Å². The van der Waals surface area contributed by atoms with E-state index in [1.807, 2.05) is 0 Å². The molecule has 1 amide bonds. The normalized spacial score (nSPS) is 10.4. The number of amides is 1. The Morgan fingerprint density at radius 3 is 2.39 bits per heavy atom. The van der Waals surface area contributed by atoms with Crippen LogP contribution in [-0.2, 0) is 14.3 Å². The maximum atomic E-state index is 12.6. The van der Waals surface area contributed by atoms with E-state index in [4.69, 9.17) is 32.7 Å². The Bertz CT molecular complexity index is 1110. The summed E-state index contributed by atoms with van der Waals surface area (Å²) >= 11 is 13.0. The first-order valence-electron chi connectivity index (χ1n) is 9.16. The van der Waals surface area contributed by atoms with Crippen molar-refractivity contribution in [3.05, 3.63) is 75.1 Å². The SMILES string of the molecule is CCOC(=O)c1c(-c2ccc(Cl)cc2)csc1NC(=O)COC(=O)c1cccc(Cl)c1. The molecule has 1 heterocycles. The molecule has 0 bridgehead atoms. The summed E-state index contributed by atoms with van der Waals surface area (Å²) in [6, 6.07) is 13.2. The summed E-state index contributed by atoms with van der Waals surface area (Å²) in [6.07, 6.45) is 0. The van der Waals surface area contributed by atoms with Gasteiger partial charge in [0.1, 0.15) is 10.6 Å². The molecule has 1 aromatic heterocycles. The van der Waals surface area contributed by atoms with Gasteiger partial charge in [0.05, 0.1) is 12.2 Å². The van der Waals surface area contributed by atoms with Crippen molar-refractivity contribution >= 4 is 57.4 Å². The third-order valence-corrected chi connectivity index (χ3v) is 5.46. The van der Waals surface area contributed by atoms with E-state index in [0.29, 0.717) is 20.6 Å². The van der Waals surface area contributed by atoms with Gasteiger partial charge in [-0.1, -0.05) is 41.4 Å². The zero-order valence-corrected chi connectivity index (χ0v) is 18.6. The van der Waals surface area contributed by atoms with E-state index in [0.717, 1.165) is 5.56 Å². The minimum Gasteiger partial charge on any atom is -0.462 e. The fourth-order valence-corrected chi connectivity index (χ4v) is 3.98. The van der Waals surface area contributed by atoms with E-state index in [1.54, 1.807) is 48.7 Å². The van der Waals surface area contributed by atoms with Gasteiger partial charge in [0.25, 0.3) is 5.91 Å². The number of thiophene rings is 1. The molecule has 0 saturated heterocycles. The van der Waals surface area contributed by atoms with Crippen LogP contribution in [0.2, 0.25) is 10.0 Å². The van der Waals surface area contributed by atoms with Crippen molar-refractivity contribution in [2.24, 2.45) is 0 Å². The quantitative estimate of drug-likeness (QED) is 0.441. The van der Waals surface area contributed by atoms with E-state index < -0.39 is 24.5 Å². The summed E-state index contributed by atoms with van der Waals surface area (Å²) in [5.41, 5.74) is 1.81. The van der Waals surface area contributed by atoms with Crippen molar-refractivity contribution in [2.75, 3.05) is 18.5 Å². The second-order valence-corrected chi connectivity index (χ2v) is 7.97. The van der Waals surface area contributed by atoms with Gasteiger partial charge in [-0.3, -0.25) is 4.79 Å². The van der Waals surface area contributed by atoms with Gasteiger partial charge >= 0.3 is 11.9 Å². The number of esters is 2. The highest BCUT2D eigenvalue weighted by Gasteiger charge is 2.23. The molecule has 0 saturated carbocycles. The lowest BCUT2D eigenvalue weighted by atomic mass is 10.0. The van der Waals surface area contributed by atoms with E-state index >= 15 is 0 Å². The topological polar surface area (TPSA) is 81.7 Å². The molecule has 0 fully saturated rings. The smallest absolute Gasteiger partial charge is 0.341 e. The molecule has 0 radical (unpaired) electrons. The first kappa shape index (κ1) is 22.8. The Hall–Kier alpha value is -2.87. The third kappa shape index (κ3) is 5.85.